The summed E-state index contributed by atoms with van der Waals surface area (Å²) in [5, 5.41) is 11.4. The van der Waals surface area contributed by atoms with E-state index in [0.717, 1.165) is 0 Å². The summed E-state index contributed by atoms with van der Waals surface area (Å²) in [6, 6.07) is -0.386. The fourth-order valence-corrected chi connectivity index (χ4v) is 1.53. The molecule has 0 heterocycles. The molecule has 1 amide bonds. The highest BCUT2D eigenvalue weighted by atomic mass is 31.2. The molecule has 2 N–H and O–H groups in total. The van der Waals surface area contributed by atoms with Gasteiger partial charge in [0.2, 0.25) is 5.91 Å². The Hall–Kier alpha value is -0.480. The first-order valence-electron chi connectivity index (χ1n) is 4.07. The number of amides is 1. The van der Waals surface area contributed by atoms with E-state index in [0.29, 0.717) is 0 Å². The van der Waals surface area contributed by atoms with Gasteiger partial charge in [0.1, 0.15) is 0 Å². The topological polar surface area (TPSA) is 67.8 Å². The average molecular weight is 221 g/mol. The molecular formula is C8H16NO4P. The summed E-state index contributed by atoms with van der Waals surface area (Å²) < 4.78 is 9.92. The largest absolute Gasteiger partial charge is 0.394 e. The predicted octanol–water partition coefficient (Wildman–Crippen LogP) is 0.602. The number of aliphatic hydroxyl groups is 1. The van der Waals surface area contributed by atoms with Crippen molar-refractivity contribution in [2.45, 2.75) is 13.0 Å². The van der Waals surface area contributed by atoms with E-state index in [4.69, 9.17) is 14.2 Å². The Morgan fingerprint density at radius 1 is 1.57 bits per heavy atom. The molecule has 0 bridgehead atoms. The minimum Gasteiger partial charge on any atom is -0.394 e. The lowest BCUT2D eigenvalue weighted by Gasteiger charge is -2.11. The zero-order valence-electron chi connectivity index (χ0n) is 8.56. The van der Waals surface area contributed by atoms with E-state index in [1.54, 1.807) is 11.9 Å². The number of aliphatic hydroxyl groups excluding tert-OH is 1. The van der Waals surface area contributed by atoms with Crippen molar-refractivity contribution in [2.75, 3.05) is 20.8 Å². The molecule has 1 atom stereocenters. The molecule has 82 valence electrons. The molecule has 0 aromatic carbocycles. The summed E-state index contributed by atoms with van der Waals surface area (Å²) in [5.41, 5.74) is 0. The van der Waals surface area contributed by atoms with Crippen LogP contribution in [0.15, 0.2) is 11.9 Å². The van der Waals surface area contributed by atoms with Crippen molar-refractivity contribution in [3.05, 3.63) is 11.9 Å². The Morgan fingerprint density at radius 3 is 2.50 bits per heavy atom. The highest BCUT2D eigenvalue weighted by Gasteiger charge is 2.06. The minimum atomic E-state index is -1.06. The molecule has 0 saturated carbocycles. The average Bonchev–Trinajstić information content (AvgIpc) is 2.17. The van der Waals surface area contributed by atoms with Gasteiger partial charge in [-0.3, -0.25) is 4.79 Å². The number of hydrogen-bond acceptors (Lipinski definition) is 4. The summed E-state index contributed by atoms with van der Waals surface area (Å²) >= 11 is 0. The molecule has 0 aliphatic heterocycles. The van der Waals surface area contributed by atoms with Gasteiger partial charge in [-0.2, -0.15) is 0 Å². The van der Waals surface area contributed by atoms with E-state index < -0.39 is 8.38 Å². The Morgan fingerprint density at radius 2 is 2.14 bits per heavy atom. The van der Waals surface area contributed by atoms with E-state index >= 15 is 0 Å². The van der Waals surface area contributed by atoms with Gasteiger partial charge in [-0.25, -0.2) is 0 Å². The molecule has 0 aliphatic rings. The molecule has 6 heteroatoms. The maximum atomic E-state index is 10.7. The number of nitrogens with one attached hydrogen (secondary N) is 1. The second-order valence-corrected chi connectivity index (χ2v) is 4.08. The molecule has 0 aliphatic carbocycles. The van der Waals surface area contributed by atoms with Crippen LogP contribution in [0.25, 0.3) is 0 Å². The van der Waals surface area contributed by atoms with Gasteiger partial charge in [-0.15, -0.1) is 0 Å². The third-order valence-corrected chi connectivity index (χ3v) is 2.52. The lowest BCUT2D eigenvalue weighted by Crippen LogP contribution is -2.34. The lowest BCUT2D eigenvalue weighted by atomic mass is 10.3. The fourth-order valence-electron chi connectivity index (χ4n) is 0.786. The second-order valence-electron chi connectivity index (χ2n) is 2.48. The summed E-state index contributed by atoms with van der Waals surface area (Å²) in [6.45, 7) is 1.25. The number of hydrogen-bond donors (Lipinski definition) is 2. The second kappa shape index (κ2) is 7.88. The third-order valence-electron chi connectivity index (χ3n) is 1.39. The van der Waals surface area contributed by atoms with Gasteiger partial charge in [-0.05, 0) is 5.82 Å². The van der Waals surface area contributed by atoms with Crippen LogP contribution in [0.3, 0.4) is 0 Å². The smallest absolute Gasteiger partial charge is 0.217 e. The number of rotatable bonds is 6. The van der Waals surface area contributed by atoms with Crippen LogP contribution in [0.1, 0.15) is 6.92 Å². The van der Waals surface area contributed by atoms with Crippen LogP contribution in [0.2, 0.25) is 0 Å². The van der Waals surface area contributed by atoms with Crippen molar-refractivity contribution in [1.29, 1.82) is 0 Å². The molecule has 0 aromatic rings. The van der Waals surface area contributed by atoms with E-state index in [-0.39, 0.29) is 18.6 Å². The molecule has 5 nitrogen and oxygen atoms in total. The van der Waals surface area contributed by atoms with E-state index in [2.05, 4.69) is 5.32 Å². The zero-order chi connectivity index (χ0) is 11.0. The highest BCUT2D eigenvalue weighted by Crippen LogP contribution is 2.37. The Balaban J connectivity index is 4.07. The summed E-state index contributed by atoms with van der Waals surface area (Å²) in [5.74, 6) is 1.50. The first kappa shape index (κ1) is 13.5. The lowest BCUT2D eigenvalue weighted by molar-refractivity contribution is -0.119. The third kappa shape index (κ3) is 6.05. The quantitative estimate of drug-likeness (QED) is 0.644. The summed E-state index contributed by atoms with van der Waals surface area (Å²) in [7, 11) is 2.00. The first-order valence-corrected chi connectivity index (χ1v) is 5.32. The molecule has 0 saturated heterocycles. The standard InChI is InChI=1S/C8H16NO4P/c1-7(11)9-8(6-10)4-5-14(12-2)13-3/h4-5,8,10H,6H2,1-3H3,(H,9,11)/b5-4+. The molecule has 0 spiro atoms. The SMILES string of the molecule is COP(/C=C/C(CO)NC(C)=O)OC. The van der Waals surface area contributed by atoms with E-state index in [1.165, 1.54) is 21.1 Å². The van der Waals surface area contributed by atoms with Crippen molar-refractivity contribution in [2.24, 2.45) is 0 Å². The minimum absolute atomic E-state index is 0.146. The van der Waals surface area contributed by atoms with Crippen LogP contribution in [0, 0.1) is 0 Å². The van der Waals surface area contributed by atoms with Crippen molar-refractivity contribution in [1.82, 2.24) is 5.32 Å². The van der Waals surface area contributed by atoms with Crippen LogP contribution in [0.4, 0.5) is 0 Å². The van der Waals surface area contributed by atoms with Gasteiger partial charge >= 0.3 is 0 Å². The first-order chi connectivity index (χ1) is 6.63. The zero-order valence-corrected chi connectivity index (χ0v) is 9.45. The van der Waals surface area contributed by atoms with E-state index in [1.807, 2.05) is 0 Å². The van der Waals surface area contributed by atoms with Crippen LogP contribution in [-0.2, 0) is 13.8 Å². The van der Waals surface area contributed by atoms with Gasteiger partial charge in [-0.1, -0.05) is 6.08 Å². The highest BCUT2D eigenvalue weighted by molar-refractivity contribution is 7.50. The van der Waals surface area contributed by atoms with Crippen LogP contribution in [-0.4, -0.2) is 37.9 Å². The Bertz CT molecular complexity index is 194. The summed E-state index contributed by atoms with van der Waals surface area (Å²) in [4.78, 5) is 10.7. The van der Waals surface area contributed by atoms with Crippen LogP contribution < -0.4 is 5.32 Å². The number of carbonyl (C=O) groups is 1. The Labute approximate surface area is 85.0 Å². The molecule has 0 rings (SSSR count). The molecule has 0 fully saturated rings. The van der Waals surface area contributed by atoms with Crippen molar-refractivity contribution < 1.29 is 18.9 Å². The van der Waals surface area contributed by atoms with Crippen molar-refractivity contribution in [3.63, 3.8) is 0 Å². The van der Waals surface area contributed by atoms with Gasteiger partial charge in [0, 0.05) is 21.1 Å². The van der Waals surface area contributed by atoms with Crippen LogP contribution in [0.5, 0.6) is 0 Å². The molecule has 1 unspecified atom stereocenters. The maximum Gasteiger partial charge on any atom is 0.217 e. The van der Waals surface area contributed by atoms with E-state index in [9.17, 15) is 4.79 Å². The fraction of sp³-hybridized carbons (Fsp3) is 0.625. The molecular weight excluding hydrogens is 205 g/mol. The normalized spacial score (nSPS) is 13.5. The van der Waals surface area contributed by atoms with Gasteiger partial charge < -0.3 is 19.5 Å². The maximum absolute atomic E-state index is 10.7. The van der Waals surface area contributed by atoms with Gasteiger partial charge in [0.25, 0.3) is 0 Å². The van der Waals surface area contributed by atoms with Crippen molar-refractivity contribution in [3.8, 4) is 0 Å². The van der Waals surface area contributed by atoms with Gasteiger partial charge in [0.05, 0.1) is 12.6 Å². The summed E-state index contributed by atoms with van der Waals surface area (Å²) in [6.07, 6.45) is 1.65. The molecule has 14 heavy (non-hydrogen) atoms. The Kier molecular flexibility index (Phi) is 7.61. The van der Waals surface area contributed by atoms with Crippen LogP contribution >= 0.6 is 8.38 Å². The van der Waals surface area contributed by atoms with Gasteiger partial charge in [0.15, 0.2) is 8.38 Å². The number of carbonyl (C=O) groups excluding carboxylic acids is 1. The predicted molar refractivity (Wildman–Crippen MR) is 54.8 cm³/mol. The van der Waals surface area contributed by atoms with Crippen molar-refractivity contribution >= 4 is 14.3 Å². The molecule has 0 radical (unpaired) electrons. The molecule has 0 aromatic heterocycles. The monoisotopic (exact) mass is 221 g/mol.